The molecule has 0 heterocycles. The van der Waals surface area contributed by atoms with Crippen LogP contribution in [-0.4, -0.2) is 32.9 Å². The summed E-state index contributed by atoms with van der Waals surface area (Å²) in [7, 11) is -2.14. The van der Waals surface area contributed by atoms with E-state index in [0.717, 1.165) is 6.54 Å². The molecule has 4 nitrogen and oxygen atoms in total. The highest BCUT2D eigenvalue weighted by atomic mass is 32.2. The number of rotatable bonds is 7. The van der Waals surface area contributed by atoms with Gasteiger partial charge in [0.25, 0.3) is 0 Å². The predicted octanol–water partition coefficient (Wildman–Crippen LogP) is 2.52. The summed E-state index contributed by atoms with van der Waals surface area (Å²) >= 11 is 0. The summed E-state index contributed by atoms with van der Waals surface area (Å²) in [6.07, 6.45) is 0. The molecule has 0 saturated carbocycles. The van der Waals surface area contributed by atoms with E-state index in [4.69, 9.17) is 0 Å². The fourth-order valence-electron chi connectivity index (χ4n) is 2.13. The molecule has 0 aromatic heterocycles. The molecule has 120 valence electrons. The van der Waals surface area contributed by atoms with Crippen molar-refractivity contribution in [2.75, 3.05) is 20.1 Å². The number of benzene rings is 1. The van der Waals surface area contributed by atoms with Gasteiger partial charge >= 0.3 is 0 Å². The first-order chi connectivity index (χ1) is 9.70. The van der Waals surface area contributed by atoms with Gasteiger partial charge in [0.2, 0.25) is 10.0 Å². The minimum absolute atomic E-state index is 0.0542. The summed E-state index contributed by atoms with van der Waals surface area (Å²) in [6.45, 7) is 8.93. The Morgan fingerprint density at radius 1 is 1.33 bits per heavy atom. The molecule has 0 aliphatic heterocycles. The number of nitrogens with zero attached hydrogens (tertiary/aromatic N) is 1. The summed E-state index contributed by atoms with van der Waals surface area (Å²) < 4.78 is 40.5. The summed E-state index contributed by atoms with van der Waals surface area (Å²) in [4.78, 5) is 0.0542. The van der Waals surface area contributed by atoms with Gasteiger partial charge in [-0.2, -0.15) is 0 Å². The van der Waals surface area contributed by atoms with Crippen LogP contribution in [0.2, 0.25) is 0 Å². The van der Waals surface area contributed by atoms with Crippen LogP contribution in [0, 0.1) is 18.7 Å². The molecule has 6 heteroatoms. The largest absolute Gasteiger partial charge is 0.313 e. The monoisotopic (exact) mass is 316 g/mol. The highest BCUT2D eigenvalue weighted by Gasteiger charge is 2.25. The zero-order chi connectivity index (χ0) is 16.2. The lowest BCUT2D eigenvalue weighted by Gasteiger charge is -2.21. The molecule has 1 aromatic rings. The number of sulfonamides is 1. The van der Waals surface area contributed by atoms with Crippen LogP contribution in [0.25, 0.3) is 0 Å². The lowest BCUT2D eigenvalue weighted by atomic mass is 10.1. The van der Waals surface area contributed by atoms with Crippen LogP contribution in [-0.2, 0) is 16.6 Å². The maximum atomic E-state index is 14.0. The average Bonchev–Trinajstić information content (AvgIpc) is 2.38. The van der Waals surface area contributed by atoms with E-state index in [1.165, 1.54) is 24.3 Å². The van der Waals surface area contributed by atoms with Crippen LogP contribution in [0.3, 0.4) is 0 Å². The van der Waals surface area contributed by atoms with E-state index < -0.39 is 15.8 Å². The quantitative estimate of drug-likeness (QED) is 0.841. The molecule has 0 atom stereocenters. The Morgan fingerprint density at radius 2 is 1.95 bits per heavy atom. The van der Waals surface area contributed by atoms with E-state index >= 15 is 0 Å². The molecule has 1 rings (SSSR count). The van der Waals surface area contributed by atoms with Gasteiger partial charge in [-0.3, -0.25) is 0 Å². The van der Waals surface area contributed by atoms with Crippen molar-refractivity contribution in [1.29, 1.82) is 0 Å². The van der Waals surface area contributed by atoms with Gasteiger partial charge in [-0.25, -0.2) is 17.1 Å². The summed E-state index contributed by atoms with van der Waals surface area (Å²) in [5.41, 5.74) is 0.808. The zero-order valence-corrected chi connectivity index (χ0v) is 14.2. The highest BCUT2D eigenvalue weighted by Crippen LogP contribution is 2.24. The Hall–Kier alpha value is -0.980. The molecule has 1 aromatic carbocycles. The molecular formula is C15H25FN2O2S. The van der Waals surface area contributed by atoms with Crippen molar-refractivity contribution in [2.45, 2.75) is 39.1 Å². The molecule has 0 saturated heterocycles. The second-order valence-electron chi connectivity index (χ2n) is 5.66. The number of hydrogen-bond acceptors (Lipinski definition) is 3. The fraction of sp³-hybridized carbons (Fsp3) is 0.600. The summed E-state index contributed by atoms with van der Waals surface area (Å²) in [5, 5.41) is 3.08. The number of hydrogen-bond donors (Lipinski definition) is 1. The van der Waals surface area contributed by atoms with Crippen molar-refractivity contribution < 1.29 is 12.8 Å². The molecule has 0 amide bonds. The maximum absolute atomic E-state index is 14.0. The normalized spacial score (nSPS) is 12.4. The van der Waals surface area contributed by atoms with E-state index in [9.17, 15) is 12.8 Å². The van der Waals surface area contributed by atoms with Crippen LogP contribution in [0.15, 0.2) is 17.0 Å². The molecule has 0 bridgehead atoms. The first-order valence-electron chi connectivity index (χ1n) is 7.16. The van der Waals surface area contributed by atoms with E-state index in [1.54, 1.807) is 6.07 Å². The van der Waals surface area contributed by atoms with Crippen LogP contribution in [0.5, 0.6) is 0 Å². The minimum atomic E-state index is -3.67. The molecular weight excluding hydrogens is 291 g/mol. The molecule has 0 radical (unpaired) electrons. The molecule has 0 aliphatic rings. The van der Waals surface area contributed by atoms with Crippen molar-refractivity contribution in [1.82, 2.24) is 9.62 Å². The zero-order valence-electron chi connectivity index (χ0n) is 13.4. The van der Waals surface area contributed by atoms with Crippen LogP contribution >= 0.6 is 0 Å². The van der Waals surface area contributed by atoms with Gasteiger partial charge in [-0.05, 0) is 37.1 Å². The lowest BCUT2D eigenvalue weighted by Crippen LogP contribution is -2.31. The van der Waals surface area contributed by atoms with E-state index in [-0.39, 0.29) is 16.4 Å². The highest BCUT2D eigenvalue weighted by molar-refractivity contribution is 7.89. The Kier molecular flexibility index (Phi) is 6.31. The maximum Gasteiger partial charge on any atom is 0.243 e. The standard InChI is InChI=1S/C15H25FN2O2S/c1-6-17-9-13-7-14(16)12(4)15(8-13)21(19,20)18(5)10-11(2)3/h7-8,11,17H,6,9-10H2,1-5H3. The fourth-order valence-corrected chi connectivity index (χ4v) is 3.74. The van der Waals surface area contributed by atoms with E-state index in [2.05, 4.69) is 5.32 Å². The topological polar surface area (TPSA) is 49.4 Å². The lowest BCUT2D eigenvalue weighted by molar-refractivity contribution is 0.416. The first kappa shape index (κ1) is 18.1. The Labute approximate surface area is 127 Å². The van der Waals surface area contributed by atoms with Gasteiger partial charge in [0.1, 0.15) is 5.82 Å². The van der Waals surface area contributed by atoms with Gasteiger partial charge in [-0.1, -0.05) is 20.8 Å². The third kappa shape index (κ3) is 4.49. The van der Waals surface area contributed by atoms with Crippen LogP contribution in [0.4, 0.5) is 4.39 Å². The Morgan fingerprint density at radius 3 is 2.48 bits per heavy atom. The van der Waals surface area contributed by atoms with Gasteiger partial charge in [0.15, 0.2) is 0 Å². The van der Waals surface area contributed by atoms with Crippen molar-refractivity contribution in [3.8, 4) is 0 Å². The van der Waals surface area contributed by atoms with Crippen molar-refractivity contribution >= 4 is 10.0 Å². The predicted molar refractivity (Wildman–Crippen MR) is 83.2 cm³/mol. The third-order valence-electron chi connectivity index (χ3n) is 3.25. The van der Waals surface area contributed by atoms with Crippen molar-refractivity contribution in [2.24, 2.45) is 5.92 Å². The first-order valence-corrected chi connectivity index (χ1v) is 8.60. The average molecular weight is 316 g/mol. The smallest absolute Gasteiger partial charge is 0.243 e. The SMILES string of the molecule is CCNCc1cc(F)c(C)c(S(=O)(=O)N(C)CC(C)C)c1. The second kappa shape index (κ2) is 7.33. The van der Waals surface area contributed by atoms with E-state index in [1.807, 2.05) is 20.8 Å². The minimum Gasteiger partial charge on any atom is -0.313 e. The van der Waals surface area contributed by atoms with Gasteiger partial charge in [0.05, 0.1) is 4.90 Å². The van der Waals surface area contributed by atoms with Crippen molar-refractivity contribution in [3.63, 3.8) is 0 Å². The van der Waals surface area contributed by atoms with E-state index in [0.29, 0.717) is 18.7 Å². The molecule has 0 spiro atoms. The second-order valence-corrected chi connectivity index (χ2v) is 7.67. The van der Waals surface area contributed by atoms with Gasteiger partial charge in [-0.15, -0.1) is 0 Å². The molecule has 0 unspecified atom stereocenters. The van der Waals surface area contributed by atoms with Gasteiger partial charge in [0, 0.05) is 25.7 Å². The molecule has 0 fully saturated rings. The van der Waals surface area contributed by atoms with Gasteiger partial charge < -0.3 is 5.32 Å². The Balaban J connectivity index is 3.24. The van der Waals surface area contributed by atoms with Crippen LogP contribution in [0.1, 0.15) is 31.9 Å². The number of halogens is 1. The number of nitrogens with one attached hydrogen (secondary N) is 1. The summed E-state index contributed by atoms with van der Waals surface area (Å²) in [6, 6.07) is 2.95. The van der Waals surface area contributed by atoms with Crippen molar-refractivity contribution in [3.05, 3.63) is 29.1 Å². The third-order valence-corrected chi connectivity index (χ3v) is 5.20. The molecule has 21 heavy (non-hydrogen) atoms. The molecule has 1 N–H and O–H groups in total. The van der Waals surface area contributed by atoms with Crippen LogP contribution < -0.4 is 5.32 Å². The Bertz CT molecular complexity index is 586. The molecule has 0 aliphatic carbocycles. The summed E-state index contributed by atoms with van der Waals surface area (Å²) in [5.74, 6) is -0.276.